The molecule has 24 heavy (non-hydrogen) atoms. The molecule has 9 heteroatoms. The predicted molar refractivity (Wildman–Crippen MR) is 88.9 cm³/mol. The van der Waals surface area contributed by atoms with Crippen LogP contribution in [0, 0.1) is 0 Å². The van der Waals surface area contributed by atoms with Crippen molar-refractivity contribution in [1.29, 1.82) is 0 Å². The first-order chi connectivity index (χ1) is 11.3. The molecule has 0 saturated heterocycles. The molecule has 0 aliphatic rings. The second-order valence-corrected chi connectivity index (χ2v) is 5.41. The van der Waals surface area contributed by atoms with Crippen LogP contribution in [-0.4, -0.2) is 52.9 Å². The molecule has 1 aromatic rings. The first-order valence-electron chi connectivity index (χ1n) is 7.05. The first-order valence-corrected chi connectivity index (χ1v) is 7.68. The number of nitrogens with one attached hydrogen (secondary N) is 2. The van der Waals surface area contributed by atoms with Crippen LogP contribution in [0.15, 0.2) is 18.2 Å². The summed E-state index contributed by atoms with van der Waals surface area (Å²) >= 11 is 4.00. The Hall–Kier alpha value is -2.42. The van der Waals surface area contributed by atoms with Gasteiger partial charge in [0.05, 0.1) is 7.11 Å². The lowest BCUT2D eigenvalue weighted by Gasteiger charge is -2.21. The zero-order valence-electron chi connectivity index (χ0n) is 13.3. The fourth-order valence-corrected chi connectivity index (χ4v) is 2.24. The molecule has 0 unspecified atom stereocenters. The van der Waals surface area contributed by atoms with E-state index in [1.54, 1.807) is 0 Å². The van der Waals surface area contributed by atoms with Crippen molar-refractivity contribution >= 4 is 30.4 Å². The van der Waals surface area contributed by atoms with E-state index < -0.39 is 29.9 Å². The van der Waals surface area contributed by atoms with Gasteiger partial charge in [-0.1, -0.05) is 6.07 Å². The third kappa shape index (κ3) is 5.65. The maximum absolute atomic E-state index is 12.2. The topological polar surface area (TPSA) is 125 Å². The van der Waals surface area contributed by atoms with E-state index in [0.717, 1.165) is 0 Å². The van der Waals surface area contributed by atoms with E-state index in [4.69, 9.17) is 0 Å². The van der Waals surface area contributed by atoms with Crippen LogP contribution in [-0.2, 0) is 25.5 Å². The van der Waals surface area contributed by atoms with Crippen molar-refractivity contribution in [1.82, 2.24) is 10.6 Å². The number of phenols is 2. The van der Waals surface area contributed by atoms with Crippen LogP contribution in [0.1, 0.15) is 12.5 Å². The number of benzene rings is 1. The molecule has 0 saturated carbocycles. The molecular formula is C15H20N2O6S. The highest BCUT2D eigenvalue weighted by molar-refractivity contribution is 7.80. The summed E-state index contributed by atoms with van der Waals surface area (Å²) < 4.78 is 4.66. The monoisotopic (exact) mass is 356 g/mol. The number of aromatic hydroxyl groups is 2. The summed E-state index contributed by atoms with van der Waals surface area (Å²) in [4.78, 5) is 35.1. The van der Waals surface area contributed by atoms with Gasteiger partial charge in [0.1, 0.15) is 12.1 Å². The van der Waals surface area contributed by atoms with Gasteiger partial charge in [-0.3, -0.25) is 9.59 Å². The molecule has 2 atom stereocenters. The van der Waals surface area contributed by atoms with Gasteiger partial charge >= 0.3 is 5.97 Å². The summed E-state index contributed by atoms with van der Waals surface area (Å²) in [6.07, 6.45) is 0.0333. The standard InChI is InChI=1S/C15H20N2O6S/c1-8(18)16-11(7-24)14(21)17-10(15(22)23-2)5-9-3-4-12(19)13(20)6-9/h3-4,6,10-11,19-20,24H,5,7H2,1-2H3,(H,16,18)(H,17,21)/t10-,11-/m0/s1. The molecule has 0 aliphatic heterocycles. The van der Waals surface area contributed by atoms with E-state index in [9.17, 15) is 24.6 Å². The fourth-order valence-electron chi connectivity index (χ4n) is 1.98. The van der Waals surface area contributed by atoms with Gasteiger partial charge in [0.2, 0.25) is 11.8 Å². The molecule has 1 rings (SSSR count). The number of amides is 2. The highest BCUT2D eigenvalue weighted by atomic mass is 32.1. The Morgan fingerprint density at radius 1 is 1.17 bits per heavy atom. The Bertz CT molecular complexity index is 622. The molecule has 0 radical (unpaired) electrons. The third-order valence-corrected chi connectivity index (χ3v) is 3.52. The number of hydrogen-bond acceptors (Lipinski definition) is 7. The maximum atomic E-state index is 12.2. The maximum Gasteiger partial charge on any atom is 0.328 e. The second kappa shape index (κ2) is 9.02. The lowest BCUT2D eigenvalue weighted by molar-refractivity contribution is -0.145. The van der Waals surface area contributed by atoms with Gasteiger partial charge in [0.25, 0.3) is 0 Å². The highest BCUT2D eigenvalue weighted by Crippen LogP contribution is 2.25. The number of esters is 1. The molecule has 2 amide bonds. The van der Waals surface area contributed by atoms with Gasteiger partial charge in [-0.2, -0.15) is 12.6 Å². The molecule has 0 aromatic heterocycles. The van der Waals surface area contributed by atoms with E-state index >= 15 is 0 Å². The molecule has 0 aliphatic carbocycles. The molecule has 0 fully saturated rings. The van der Waals surface area contributed by atoms with Gasteiger partial charge in [-0.05, 0) is 17.7 Å². The molecule has 0 spiro atoms. The second-order valence-electron chi connectivity index (χ2n) is 5.05. The summed E-state index contributed by atoms with van der Waals surface area (Å²) in [5.41, 5.74) is 0.503. The number of methoxy groups -OCH3 is 1. The average Bonchev–Trinajstić information content (AvgIpc) is 2.54. The minimum atomic E-state index is -1.03. The number of carbonyl (C=O) groups excluding carboxylic acids is 3. The van der Waals surface area contributed by atoms with E-state index in [-0.39, 0.29) is 23.7 Å². The van der Waals surface area contributed by atoms with Gasteiger partial charge < -0.3 is 25.6 Å². The lowest BCUT2D eigenvalue weighted by Crippen LogP contribution is -2.52. The normalized spacial score (nSPS) is 12.8. The van der Waals surface area contributed by atoms with Crippen molar-refractivity contribution < 1.29 is 29.3 Å². The lowest BCUT2D eigenvalue weighted by atomic mass is 10.0. The molecule has 1 aromatic carbocycles. The van der Waals surface area contributed by atoms with Crippen LogP contribution in [0.3, 0.4) is 0 Å². The van der Waals surface area contributed by atoms with E-state index in [1.807, 2.05) is 0 Å². The summed E-state index contributed by atoms with van der Waals surface area (Å²) in [6, 6.07) is 2.13. The van der Waals surface area contributed by atoms with Gasteiger partial charge in [0, 0.05) is 19.1 Å². The number of ether oxygens (including phenoxy) is 1. The van der Waals surface area contributed by atoms with Gasteiger partial charge in [-0.15, -0.1) is 0 Å². The number of rotatable bonds is 7. The first kappa shape index (κ1) is 19.6. The van der Waals surface area contributed by atoms with Crippen molar-refractivity contribution in [3.05, 3.63) is 23.8 Å². The van der Waals surface area contributed by atoms with Crippen molar-refractivity contribution in [3.8, 4) is 11.5 Å². The van der Waals surface area contributed by atoms with Crippen LogP contribution in [0.25, 0.3) is 0 Å². The molecule has 0 bridgehead atoms. The Kier molecular flexibility index (Phi) is 7.37. The number of carbonyl (C=O) groups is 3. The Morgan fingerprint density at radius 2 is 1.83 bits per heavy atom. The van der Waals surface area contributed by atoms with E-state index in [2.05, 4.69) is 28.0 Å². The van der Waals surface area contributed by atoms with Crippen molar-refractivity contribution in [2.24, 2.45) is 0 Å². The minimum Gasteiger partial charge on any atom is -0.504 e. The summed E-state index contributed by atoms with van der Waals surface area (Å²) in [5.74, 6) is -2.25. The Morgan fingerprint density at radius 3 is 2.33 bits per heavy atom. The van der Waals surface area contributed by atoms with Crippen LogP contribution >= 0.6 is 12.6 Å². The largest absolute Gasteiger partial charge is 0.504 e. The SMILES string of the molecule is COC(=O)[C@H](Cc1ccc(O)c(O)c1)NC(=O)[C@H](CS)NC(C)=O. The van der Waals surface area contributed by atoms with Crippen LogP contribution in [0.5, 0.6) is 11.5 Å². The Balaban J connectivity index is 2.88. The summed E-state index contributed by atoms with van der Waals surface area (Å²) in [5, 5.41) is 23.7. The Labute approximate surface area is 144 Å². The van der Waals surface area contributed by atoms with Crippen LogP contribution in [0.4, 0.5) is 0 Å². The van der Waals surface area contributed by atoms with E-state index in [0.29, 0.717) is 5.56 Å². The van der Waals surface area contributed by atoms with Gasteiger partial charge in [0.15, 0.2) is 11.5 Å². The van der Waals surface area contributed by atoms with Gasteiger partial charge in [-0.25, -0.2) is 4.79 Å². The molecule has 132 valence electrons. The van der Waals surface area contributed by atoms with Crippen molar-refractivity contribution in [3.63, 3.8) is 0 Å². The van der Waals surface area contributed by atoms with E-state index in [1.165, 1.54) is 32.2 Å². The van der Waals surface area contributed by atoms with Crippen LogP contribution in [0.2, 0.25) is 0 Å². The molecule has 8 nitrogen and oxygen atoms in total. The third-order valence-electron chi connectivity index (χ3n) is 3.16. The smallest absolute Gasteiger partial charge is 0.328 e. The zero-order valence-corrected chi connectivity index (χ0v) is 14.2. The average molecular weight is 356 g/mol. The number of phenolic OH excluding ortho intramolecular Hbond substituents is 2. The highest BCUT2D eigenvalue weighted by Gasteiger charge is 2.26. The summed E-state index contributed by atoms with van der Waals surface area (Å²) in [7, 11) is 1.18. The van der Waals surface area contributed by atoms with Crippen molar-refractivity contribution in [2.45, 2.75) is 25.4 Å². The molecule has 0 heterocycles. The fraction of sp³-hybridized carbons (Fsp3) is 0.400. The number of hydrogen-bond donors (Lipinski definition) is 5. The quantitative estimate of drug-likeness (QED) is 0.260. The molecule has 4 N–H and O–H groups in total. The zero-order chi connectivity index (χ0) is 18.3. The van der Waals surface area contributed by atoms with Crippen molar-refractivity contribution in [2.75, 3.05) is 12.9 Å². The predicted octanol–water partition coefficient (Wildman–Crippen LogP) is -0.267. The van der Waals surface area contributed by atoms with Crippen LogP contribution < -0.4 is 10.6 Å². The minimum absolute atomic E-state index is 0.0333. The molecular weight excluding hydrogens is 336 g/mol. The summed E-state index contributed by atoms with van der Waals surface area (Å²) in [6.45, 7) is 1.26. The number of thiol groups is 1.